The van der Waals surface area contributed by atoms with Crippen LogP contribution in [0.3, 0.4) is 0 Å². The summed E-state index contributed by atoms with van der Waals surface area (Å²) in [5, 5.41) is 11.4. The second-order valence-electron chi connectivity index (χ2n) is 3.98. The van der Waals surface area contributed by atoms with Crippen molar-refractivity contribution in [3.63, 3.8) is 0 Å². The van der Waals surface area contributed by atoms with Gasteiger partial charge in [-0.15, -0.1) is 0 Å². The molecule has 0 aliphatic heterocycles. The zero-order chi connectivity index (χ0) is 13.0. The molecule has 0 spiro atoms. The Labute approximate surface area is 105 Å². The number of oxime groups is 1. The van der Waals surface area contributed by atoms with Crippen molar-refractivity contribution in [2.75, 3.05) is 18.5 Å². The standard InChI is InChI=1S/C12H15N5O/c1-17(7-6-11(13)16-18)12-8-14-9-4-2-3-5-10(9)15-12/h2-5,8,18H,6-7H2,1H3,(H2,13,16). The predicted molar refractivity (Wildman–Crippen MR) is 70.8 cm³/mol. The molecule has 2 rings (SSSR count). The fraction of sp³-hybridized carbons (Fsp3) is 0.250. The summed E-state index contributed by atoms with van der Waals surface area (Å²) < 4.78 is 0. The van der Waals surface area contributed by atoms with Crippen molar-refractivity contribution in [3.05, 3.63) is 30.5 Å². The summed E-state index contributed by atoms with van der Waals surface area (Å²) in [6.45, 7) is 0.614. The van der Waals surface area contributed by atoms with Crippen LogP contribution in [-0.4, -0.2) is 34.6 Å². The summed E-state index contributed by atoms with van der Waals surface area (Å²) in [6.07, 6.45) is 2.19. The van der Waals surface area contributed by atoms with Gasteiger partial charge >= 0.3 is 0 Å². The Bertz CT molecular complexity index is 569. The molecule has 0 bridgehead atoms. The van der Waals surface area contributed by atoms with Crippen LogP contribution >= 0.6 is 0 Å². The van der Waals surface area contributed by atoms with E-state index in [0.717, 1.165) is 16.9 Å². The first-order valence-electron chi connectivity index (χ1n) is 5.60. The van der Waals surface area contributed by atoms with Crippen LogP contribution in [0.2, 0.25) is 0 Å². The van der Waals surface area contributed by atoms with E-state index in [2.05, 4.69) is 15.1 Å². The smallest absolute Gasteiger partial charge is 0.147 e. The van der Waals surface area contributed by atoms with Crippen LogP contribution in [0.1, 0.15) is 6.42 Å². The van der Waals surface area contributed by atoms with Gasteiger partial charge in [0.1, 0.15) is 11.7 Å². The molecule has 1 aromatic carbocycles. The summed E-state index contributed by atoms with van der Waals surface area (Å²) in [5.74, 6) is 0.968. The van der Waals surface area contributed by atoms with E-state index in [-0.39, 0.29) is 5.84 Å². The van der Waals surface area contributed by atoms with Gasteiger partial charge in [-0.2, -0.15) is 0 Å². The summed E-state index contributed by atoms with van der Waals surface area (Å²) in [7, 11) is 1.89. The highest BCUT2D eigenvalue weighted by Gasteiger charge is 2.05. The number of aromatic nitrogens is 2. The Morgan fingerprint density at radius 1 is 1.39 bits per heavy atom. The van der Waals surface area contributed by atoms with Gasteiger partial charge in [-0.3, -0.25) is 4.98 Å². The molecule has 6 nitrogen and oxygen atoms in total. The van der Waals surface area contributed by atoms with Gasteiger partial charge < -0.3 is 15.8 Å². The topological polar surface area (TPSA) is 87.6 Å². The largest absolute Gasteiger partial charge is 0.409 e. The molecule has 0 fully saturated rings. The molecule has 0 radical (unpaired) electrons. The van der Waals surface area contributed by atoms with Crippen LogP contribution in [0.5, 0.6) is 0 Å². The number of rotatable bonds is 4. The van der Waals surface area contributed by atoms with Crippen LogP contribution < -0.4 is 10.6 Å². The van der Waals surface area contributed by atoms with Crippen molar-refractivity contribution in [1.82, 2.24) is 9.97 Å². The van der Waals surface area contributed by atoms with Gasteiger partial charge in [-0.05, 0) is 12.1 Å². The molecule has 0 saturated carbocycles. The fourth-order valence-corrected chi connectivity index (χ4v) is 1.58. The lowest BCUT2D eigenvalue weighted by molar-refractivity contribution is 0.317. The lowest BCUT2D eigenvalue weighted by atomic mass is 10.3. The molecule has 94 valence electrons. The molecule has 0 unspecified atom stereocenters. The lowest BCUT2D eigenvalue weighted by Gasteiger charge is -2.17. The van der Waals surface area contributed by atoms with E-state index in [1.807, 2.05) is 36.2 Å². The molecule has 0 saturated heterocycles. The molecule has 1 aromatic heterocycles. The number of hydrogen-bond acceptors (Lipinski definition) is 5. The number of benzene rings is 1. The Kier molecular flexibility index (Phi) is 3.57. The third-order valence-electron chi connectivity index (χ3n) is 2.66. The van der Waals surface area contributed by atoms with Gasteiger partial charge in [0, 0.05) is 20.0 Å². The zero-order valence-corrected chi connectivity index (χ0v) is 10.1. The van der Waals surface area contributed by atoms with Crippen molar-refractivity contribution < 1.29 is 5.21 Å². The molecular weight excluding hydrogens is 230 g/mol. The second kappa shape index (κ2) is 5.31. The maximum atomic E-state index is 8.48. The van der Waals surface area contributed by atoms with Gasteiger partial charge in [-0.25, -0.2) is 4.98 Å². The van der Waals surface area contributed by atoms with E-state index < -0.39 is 0 Å². The SMILES string of the molecule is CN(CCC(N)=NO)c1cnc2ccccc2n1. The molecule has 6 heteroatoms. The minimum absolute atomic E-state index is 0.204. The summed E-state index contributed by atoms with van der Waals surface area (Å²) in [5.41, 5.74) is 7.15. The average molecular weight is 245 g/mol. The lowest BCUT2D eigenvalue weighted by Crippen LogP contribution is -2.25. The summed E-state index contributed by atoms with van der Waals surface area (Å²) >= 11 is 0. The quantitative estimate of drug-likeness (QED) is 0.366. The van der Waals surface area contributed by atoms with E-state index in [4.69, 9.17) is 10.9 Å². The van der Waals surface area contributed by atoms with Gasteiger partial charge in [-0.1, -0.05) is 17.3 Å². The third-order valence-corrected chi connectivity index (χ3v) is 2.66. The summed E-state index contributed by atoms with van der Waals surface area (Å²) in [4.78, 5) is 10.7. The van der Waals surface area contributed by atoms with Crippen LogP contribution in [0.15, 0.2) is 35.6 Å². The average Bonchev–Trinajstić information content (AvgIpc) is 2.43. The summed E-state index contributed by atoms with van der Waals surface area (Å²) in [6, 6.07) is 7.70. The Hall–Kier alpha value is -2.37. The van der Waals surface area contributed by atoms with Crippen LogP contribution in [-0.2, 0) is 0 Å². The van der Waals surface area contributed by atoms with E-state index in [0.29, 0.717) is 13.0 Å². The van der Waals surface area contributed by atoms with Crippen LogP contribution in [0, 0.1) is 0 Å². The van der Waals surface area contributed by atoms with Crippen LogP contribution in [0.25, 0.3) is 11.0 Å². The van der Waals surface area contributed by atoms with Gasteiger partial charge in [0.05, 0.1) is 17.2 Å². The number of anilines is 1. The van der Waals surface area contributed by atoms with Crippen molar-refractivity contribution >= 4 is 22.7 Å². The maximum Gasteiger partial charge on any atom is 0.147 e. The van der Waals surface area contributed by atoms with Gasteiger partial charge in [0.15, 0.2) is 0 Å². The minimum atomic E-state index is 0.204. The maximum absolute atomic E-state index is 8.48. The molecule has 0 aliphatic rings. The number of fused-ring (bicyclic) bond motifs is 1. The highest BCUT2D eigenvalue weighted by Crippen LogP contribution is 2.14. The number of hydrogen-bond donors (Lipinski definition) is 2. The molecule has 1 heterocycles. The molecular formula is C12H15N5O. The number of nitrogens with zero attached hydrogens (tertiary/aromatic N) is 4. The van der Waals surface area contributed by atoms with Crippen molar-refractivity contribution in [2.24, 2.45) is 10.9 Å². The normalized spacial score (nSPS) is 11.7. The van der Waals surface area contributed by atoms with E-state index >= 15 is 0 Å². The molecule has 18 heavy (non-hydrogen) atoms. The first-order valence-corrected chi connectivity index (χ1v) is 5.60. The first kappa shape index (κ1) is 12.1. The highest BCUT2D eigenvalue weighted by molar-refractivity contribution is 5.80. The molecule has 0 aliphatic carbocycles. The van der Waals surface area contributed by atoms with Crippen LogP contribution in [0.4, 0.5) is 5.82 Å². The molecule has 3 N–H and O–H groups in total. The van der Waals surface area contributed by atoms with Crippen molar-refractivity contribution in [3.8, 4) is 0 Å². The highest BCUT2D eigenvalue weighted by atomic mass is 16.4. The van der Waals surface area contributed by atoms with Gasteiger partial charge in [0.2, 0.25) is 0 Å². The van der Waals surface area contributed by atoms with Gasteiger partial charge in [0.25, 0.3) is 0 Å². The van der Waals surface area contributed by atoms with E-state index in [1.54, 1.807) is 6.20 Å². The Morgan fingerprint density at radius 3 is 2.83 bits per heavy atom. The van der Waals surface area contributed by atoms with Crippen molar-refractivity contribution in [1.29, 1.82) is 0 Å². The second-order valence-corrected chi connectivity index (χ2v) is 3.98. The Balaban J connectivity index is 2.15. The number of amidine groups is 1. The third kappa shape index (κ3) is 2.65. The predicted octanol–water partition coefficient (Wildman–Crippen LogP) is 1.20. The molecule has 0 amide bonds. The Morgan fingerprint density at radius 2 is 2.11 bits per heavy atom. The monoisotopic (exact) mass is 245 g/mol. The fourth-order valence-electron chi connectivity index (χ4n) is 1.58. The molecule has 2 aromatic rings. The molecule has 0 atom stereocenters. The van der Waals surface area contributed by atoms with E-state index in [1.165, 1.54) is 0 Å². The van der Waals surface area contributed by atoms with Crippen molar-refractivity contribution in [2.45, 2.75) is 6.42 Å². The van der Waals surface area contributed by atoms with E-state index in [9.17, 15) is 0 Å². The number of nitrogens with two attached hydrogens (primary N) is 1. The first-order chi connectivity index (χ1) is 8.70. The number of para-hydroxylation sites is 2. The minimum Gasteiger partial charge on any atom is -0.409 e. The zero-order valence-electron chi connectivity index (χ0n) is 10.1.